The number of aryl methyl sites for hydroxylation is 1. The van der Waals surface area contributed by atoms with Crippen molar-refractivity contribution in [1.29, 1.82) is 0 Å². The molecule has 0 aliphatic heterocycles. The molecule has 1 aromatic heterocycles. The second-order valence-electron chi connectivity index (χ2n) is 6.61. The lowest BCUT2D eigenvalue weighted by Crippen LogP contribution is -2.11. The van der Waals surface area contributed by atoms with Crippen LogP contribution in [0.1, 0.15) is 31.9 Å². The molecule has 0 saturated heterocycles. The zero-order valence-corrected chi connectivity index (χ0v) is 15.5. The van der Waals surface area contributed by atoms with E-state index < -0.39 is 0 Å². The molecule has 0 unspecified atom stereocenters. The van der Waals surface area contributed by atoms with Gasteiger partial charge in [-0.2, -0.15) is 0 Å². The molecule has 0 radical (unpaired) electrons. The Morgan fingerprint density at radius 2 is 1.74 bits per heavy atom. The summed E-state index contributed by atoms with van der Waals surface area (Å²) in [6.07, 6.45) is 0. The lowest BCUT2D eigenvalue weighted by Gasteiger charge is -2.20. The Bertz CT molecular complexity index is 802. The van der Waals surface area contributed by atoms with Crippen molar-refractivity contribution in [2.24, 2.45) is 0 Å². The average molecular weight is 341 g/mol. The molecule has 0 atom stereocenters. The number of rotatable bonds is 3. The van der Waals surface area contributed by atoms with Crippen LogP contribution in [0, 0.1) is 6.92 Å². The Hall–Kier alpha value is -1.65. The third kappa shape index (κ3) is 3.65. The molecular formula is C19H20N2S2. The average Bonchev–Trinajstić information content (AvgIpc) is 2.97. The molecule has 23 heavy (non-hydrogen) atoms. The highest BCUT2D eigenvalue weighted by atomic mass is 32.2. The maximum Gasteiger partial charge on any atom is 0.119 e. The predicted octanol–water partition coefficient (Wildman–Crippen LogP) is 5.96. The molecule has 0 aliphatic rings. The first-order valence-electron chi connectivity index (χ1n) is 7.62. The van der Waals surface area contributed by atoms with Gasteiger partial charge >= 0.3 is 0 Å². The van der Waals surface area contributed by atoms with Crippen molar-refractivity contribution in [3.63, 3.8) is 0 Å². The summed E-state index contributed by atoms with van der Waals surface area (Å²) < 4.78 is 5.31. The smallest absolute Gasteiger partial charge is 0.119 e. The fourth-order valence-electron chi connectivity index (χ4n) is 2.30. The van der Waals surface area contributed by atoms with E-state index in [-0.39, 0.29) is 5.41 Å². The Morgan fingerprint density at radius 3 is 2.43 bits per heavy atom. The van der Waals surface area contributed by atoms with Gasteiger partial charge in [-0.3, -0.25) is 0 Å². The zero-order valence-electron chi connectivity index (χ0n) is 13.8. The lowest BCUT2D eigenvalue weighted by atomic mass is 9.87. The summed E-state index contributed by atoms with van der Waals surface area (Å²) in [5.74, 6) is 0. The molecule has 2 nitrogen and oxygen atoms in total. The minimum Gasteiger partial charge on any atom is -0.137 e. The van der Waals surface area contributed by atoms with Crippen LogP contribution >= 0.6 is 23.3 Å². The number of nitrogens with zero attached hydrogens (tertiary/aromatic N) is 2. The largest absolute Gasteiger partial charge is 0.137 e. The number of aromatic nitrogens is 2. The van der Waals surface area contributed by atoms with Crippen LogP contribution in [0.3, 0.4) is 0 Å². The van der Waals surface area contributed by atoms with Crippen LogP contribution in [0.2, 0.25) is 0 Å². The van der Waals surface area contributed by atoms with Gasteiger partial charge in [0.15, 0.2) is 0 Å². The molecule has 4 heteroatoms. The van der Waals surface area contributed by atoms with E-state index in [1.54, 1.807) is 11.8 Å². The molecule has 0 spiro atoms. The topological polar surface area (TPSA) is 25.8 Å². The molecule has 0 bridgehead atoms. The van der Waals surface area contributed by atoms with Crippen LogP contribution in [0.5, 0.6) is 0 Å². The summed E-state index contributed by atoms with van der Waals surface area (Å²) in [6.45, 7) is 8.90. The van der Waals surface area contributed by atoms with Gasteiger partial charge in [-0.15, -0.1) is 5.10 Å². The van der Waals surface area contributed by atoms with Crippen LogP contribution in [0.25, 0.3) is 11.3 Å². The SMILES string of the molecule is Cc1ccc(C(C)(C)C)cc1Sc1snnc1-c1ccccc1. The fraction of sp³-hybridized carbons (Fsp3) is 0.263. The van der Waals surface area contributed by atoms with Gasteiger partial charge in [-0.1, -0.05) is 79.5 Å². The van der Waals surface area contributed by atoms with E-state index in [2.05, 4.69) is 67.6 Å². The van der Waals surface area contributed by atoms with Crippen molar-refractivity contribution in [2.75, 3.05) is 0 Å². The lowest BCUT2D eigenvalue weighted by molar-refractivity contribution is 0.588. The Morgan fingerprint density at radius 1 is 1.00 bits per heavy atom. The Balaban J connectivity index is 1.96. The van der Waals surface area contributed by atoms with E-state index in [4.69, 9.17) is 0 Å². The first kappa shape index (κ1) is 16.2. The van der Waals surface area contributed by atoms with E-state index >= 15 is 0 Å². The molecular weight excluding hydrogens is 320 g/mol. The summed E-state index contributed by atoms with van der Waals surface area (Å²) in [6, 6.07) is 17.0. The maximum atomic E-state index is 4.33. The van der Waals surface area contributed by atoms with Crippen LogP contribution in [-0.2, 0) is 5.41 Å². The highest BCUT2D eigenvalue weighted by Crippen LogP contribution is 2.39. The molecule has 118 valence electrons. The molecule has 0 aliphatic carbocycles. The summed E-state index contributed by atoms with van der Waals surface area (Å²) in [5.41, 5.74) is 4.88. The number of benzene rings is 2. The summed E-state index contributed by atoms with van der Waals surface area (Å²) in [5, 5.41) is 4.33. The van der Waals surface area contributed by atoms with Crippen molar-refractivity contribution in [1.82, 2.24) is 9.59 Å². The van der Waals surface area contributed by atoms with Crippen LogP contribution < -0.4 is 0 Å². The molecule has 3 rings (SSSR count). The van der Waals surface area contributed by atoms with Crippen LogP contribution in [-0.4, -0.2) is 9.59 Å². The third-order valence-corrected chi connectivity index (χ3v) is 5.80. The minimum absolute atomic E-state index is 0.150. The van der Waals surface area contributed by atoms with Gasteiger partial charge in [0.2, 0.25) is 0 Å². The van der Waals surface area contributed by atoms with Gasteiger partial charge in [-0.25, -0.2) is 0 Å². The zero-order chi connectivity index (χ0) is 16.4. The van der Waals surface area contributed by atoms with E-state index in [1.807, 2.05) is 18.2 Å². The minimum atomic E-state index is 0.150. The summed E-state index contributed by atoms with van der Waals surface area (Å²) in [4.78, 5) is 1.28. The third-order valence-electron chi connectivity index (χ3n) is 3.76. The van der Waals surface area contributed by atoms with Crippen molar-refractivity contribution < 1.29 is 0 Å². The van der Waals surface area contributed by atoms with Gasteiger partial charge in [0.05, 0.1) is 0 Å². The van der Waals surface area contributed by atoms with Crippen LogP contribution in [0.4, 0.5) is 0 Å². The predicted molar refractivity (Wildman–Crippen MR) is 99.3 cm³/mol. The van der Waals surface area contributed by atoms with Gasteiger partial charge in [0, 0.05) is 10.5 Å². The standard InChI is InChI=1S/C19H20N2S2/c1-13-10-11-15(19(2,3)4)12-16(13)22-18-17(20-21-23-18)14-8-6-5-7-9-14/h5-12H,1-4H3. The van der Waals surface area contributed by atoms with Crippen LogP contribution in [0.15, 0.2) is 57.6 Å². The molecule has 1 heterocycles. The fourth-order valence-corrected chi connectivity index (χ4v) is 4.13. The van der Waals surface area contributed by atoms with E-state index in [9.17, 15) is 0 Å². The number of hydrogen-bond acceptors (Lipinski definition) is 4. The first-order chi connectivity index (χ1) is 10.9. The number of hydrogen-bond donors (Lipinski definition) is 0. The molecule has 0 amide bonds. The van der Waals surface area contributed by atoms with E-state index in [0.29, 0.717) is 0 Å². The molecule has 0 N–H and O–H groups in total. The van der Waals surface area contributed by atoms with Crippen molar-refractivity contribution >= 4 is 23.3 Å². The second kappa shape index (κ2) is 6.46. The second-order valence-corrected chi connectivity index (χ2v) is 8.67. The highest BCUT2D eigenvalue weighted by Gasteiger charge is 2.17. The van der Waals surface area contributed by atoms with Crippen molar-refractivity contribution in [3.8, 4) is 11.3 Å². The van der Waals surface area contributed by atoms with Gasteiger partial charge in [0.1, 0.15) is 9.90 Å². The monoisotopic (exact) mass is 340 g/mol. The Kier molecular flexibility index (Phi) is 4.55. The normalized spacial score (nSPS) is 11.7. The van der Waals surface area contributed by atoms with E-state index in [0.717, 1.165) is 15.5 Å². The summed E-state index contributed by atoms with van der Waals surface area (Å²) in [7, 11) is 0. The van der Waals surface area contributed by atoms with Gasteiger partial charge in [0.25, 0.3) is 0 Å². The molecule has 0 fully saturated rings. The summed E-state index contributed by atoms with van der Waals surface area (Å²) >= 11 is 3.23. The first-order valence-corrected chi connectivity index (χ1v) is 9.21. The van der Waals surface area contributed by atoms with Crippen molar-refractivity contribution in [2.45, 2.75) is 42.2 Å². The van der Waals surface area contributed by atoms with Crippen molar-refractivity contribution in [3.05, 3.63) is 59.7 Å². The molecule has 0 saturated carbocycles. The maximum absolute atomic E-state index is 4.33. The van der Waals surface area contributed by atoms with E-state index in [1.165, 1.54) is 27.6 Å². The van der Waals surface area contributed by atoms with Gasteiger partial charge in [-0.05, 0) is 41.1 Å². The highest BCUT2D eigenvalue weighted by molar-refractivity contribution is 8.01. The molecule has 3 aromatic rings. The van der Waals surface area contributed by atoms with Gasteiger partial charge < -0.3 is 0 Å². The quantitative estimate of drug-likeness (QED) is 0.588. The molecule has 2 aromatic carbocycles. The Labute approximate surface area is 146 Å².